The summed E-state index contributed by atoms with van der Waals surface area (Å²) in [6.45, 7) is 3.99. The summed E-state index contributed by atoms with van der Waals surface area (Å²) >= 11 is 1.23. The number of anilines is 1. The Balaban J connectivity index is 1.65. The Morgan fingerprint density at radius 3 is 2.84 bits per heavy atom. The number of aromatic nitrogens is 4. The van der Waals surface area contributed by atoms with Gasteiger partial charge in [0.15, 0.2) is 5.82 Å². The molecular formula is C17H18N6OS. The van der Waals surface area contributed by atoms with Crippen molar-refractivity contribution in [3.05, 3.63) is 53.9 Å². The van der Waals surface area contributed by atoms with Crippen molar-refractivity contribution >= 4 is 23.4 Å². The van der Waals surface area contributed by atoms with E-state index in [0.29, 0.717) is 11.0 Å². The number of nitrogen functional groups attached to an aromatic ring is 1. The van der Waals surface area contributed by atoms with Gasteiger partial charge in [0.1, 0.15) is 0 Å². The molecule has 2 aromatic heterocycles. The number of carbonyl (C=O) groups excluding carboxylic acids is 1. The first-order valence-electron chi connectivity index (χ1n) is 7.66. The maximum atomic E-state index is 12.2. The fourth-order valence-electron chi connectivity index (χ4n) is 2.27. The molecule has 0 radical (unpaired) electrons. The van der Waals surface area contributed by atoms with Crippen LogP contribution in [0.3, 0.4) is 0 Å². The lowest BCUT2D eigenvalue weighted by Crippen LogP contribution is -2.17. The first kappa shape index (κ1) is 17.0. The van der Waals surface area contributed by atoms with Gasteiger partial charge in [0.05, 0.1) is 5.75 Å². The van der Waals surface area contributed by atoms with Gasteiger partial charge in [0.25, 0.3) is 0 Å². The van der Waals surface area contributed by atoms with E-state index in [1.807, 2.05) is 38.1 Å². The van der Waals surface area contributed by atoms with Crippen molar-refractivity contribution in [3.8, 4) is 11.4 Å². The average molecular weight is 354 g/mol. The second-order valence-electron chi connectivity index (χ2n) is 5.50. The van der Waals surface area contributed by atoms with Gasteiger partial charge in [0.2, 0.25) is 11.1 Å². The molecule has 1 aromatic carbocycles. The van der Waals surface area contributed by atoms with Crippen molar-refractivity contribution in [1.82, 2.24) is 19.9 Å². The van der Waals surface area contributed by atoms with Gasteiger partial charge in [-0.05, 0) is 43.2 Å². The predicted octanol–water partition coefficient (Wildman–Crippen LogP) is 2.40. The topological polar surface area (TPSA) is 98.7 Å². The third kappa shape index (κ3) is 3.80. The minimum Gasteiger partial charge on any atom is -0.335 e. The normalized spacial score (nSPS) is 10.6. The van der Waals surface area contributed by atoms with E-state index in [9.17, 15) is 4.79 Å². The number of nitrogens with zero attached hydrogens (tertiary/aromatic N) is 4. The van der Waals surface area contributed by atoms with Crippen molar-refractivity contribution in [2.45, 2.75) is 19.0 Å². The Bertz CT molecular complexity index is 893. The Labute approximate surface area is 149 Å². The van der Waals surface area contributed by atoms with E-state index in [4.69, 9.17) is 5.84 Å². The highest BCUT2D eigenvalue weighted by Gasteiger charge is 2.14. The van der Waals surface area contributed by atoms with Crippen LogP contribution < -0.4 is 11.2 Å². The van der Waals surface area contributed by atoms with Crippen LogP contribution in [0.25, 0.3) is 11.4 Å². The number of amides is 1. The molecule has 1 amide bonds. The molecule has 0 aliphatic rings. The standard InChI is InChI=1S/C17H18N6OS/c1-11-5-3-7-14(12(11)2)20-15(24)10-25-17-22-21-16(23(17)18)13-6-4-8-19-9-13/h3-9H,10,18H2,1-2H3,(H,20,24). The molecule has 3 aromatic rings. The fraction of sp³-hybridized carbons (Fsp3) is 0.176. The van der Waals surface area contributed by atoms with E-state index < -0.39 is 0 Å². The number of benzene rings is 1. The Kier molecular flexibility index (Phi) is 4.99. The number of hydrogen-bond donors (Lipinski definition) is 2. The summed E-state index contributed by atoms with van der Waals surface area (Å²) in [4.78, 5) is 16.2. The molecule has 0 fully saturated rings. The molecule has 0 bridgehead atoms. The Morgan fingerprint density at radius 2 is 2.08 bits per heavy atom. The average Bonchev–Trinajstić information content (AvgIpc) is 2.99. The molecular weight excluding hydrogens is 336 g/mol. The second-order valence-corrected chi connectivity index (χ2v) is 6.44. The monoisotopic (exact) mass is 354 g/mol. The Hall–Kier alpha value is -2.87. The summed E-state index contributed by atoms with van der Waals surface area (Å²) in [6, 6.07) is 9.46. The lowest BCUT2D eigenvalue weighted by Gasteiger charge is -2.10. The van der Waals surface area contributed by atoms with Gasteiger partial charge < -0.3 is 11.2 Å². The number of aryl methyl sites for hydroxylation is 1. The lowest BCUT2D eigenvalue weighted by atomic mass is 10.1. The highest BCUT2D eigenvalue weighted by Crippen LogP contribution is 2.22. The largest absolute Gasteiger partial charge is 0.335 e. The van der Waals surface area contributed by atoms with Crippen LogP contribution >= 0.6 is 11.8 Å². The summed E-state index contributed by atoms with van der Waals surface area (Å²) in [6.07, 6.45) is 3.34. The number of pyridine rings is 1. The third-order valence-corrected chi connectivity index (χ3v) is 4.74. The molecule has 0 spiro atoms. The predicted molar refractivity (Wildman–Crippen MR) is 98.7 cm³/mol. The van der Waals surface area contributed by atoms with Gasteiger partial charge in [-0.2, -0.15) is 0 Å². The summed E-state index contributed by atoms with van der Waals surface area (Å²) in [7, 11) is 0. The van der Waals surface area contributed by atoms with Crippen molar-refractivity contribution in [2.75, 3.05) is 16.9 Å². The molecule has 7 nitrogen and oxygen atoms in total. The van der Waals surface area contributed by atoms with Gasteiger partial charge in [-0.3, -0.25) is 9.78 Å². The number of rotatable bonds is 5. The summed E-state index contributed by atoms with van der Waals surface area (Å²) < 4.78 is 1.37. The summed E-state index contributed by atoms with van der Waals surface area (Å²) in [5.41, 5.74) is 3.77. The van der Waals surface area contributed by atoms with E-state index >= 15 is 0 Å². The first-order chi connectivity index (χ1) is 12.1. The minimum atomic E-state index is -0.121. The smallest absolute Gasteiger partial charge is 0.234 e. The lowest BCUT2D eigenvalue weighted by molar-refractivity contribution is -0.113. The number of hydrogen-bond acceptors (Lipinski definition) is 6. The van der Waals surface area contributed by atoms with E-state index in [1.54, 1.807) is 18.5 Å². The third-order valence-electron chi connectivity index (χ3n) is 3.80. The van der Waals surface area contributed by atoms with Crippen molar-refractivity contribution in [3.63, 3.8) is 0 Å². The summed E-state index contributed by atoms with van der Waals surface area (Å²) in [5, 5.41) is 11.5. The molecule has 2 heterocycles. The minimum absolute atomic E-state index is 0.121. The molecule has 128 valence electrons. The number of carbonyl (C=O) groups is 1. The zero-order chi connectivity index (χ0) is 17.8. The van der Waals surface area contributed by atoms with Crippen molar-refractivity contribution < 1.29 is 4.79 Å². The molecule has 0 aliphatic heterocycles. The molecule has 0 saturated carbocycles. The fourth-order valence-corrected chi connectivity index (χ4v) is 2.93. The van der Waals surface area contributed by atoms with Crippen LogP contribution in [0.4, 0.5) is 5.69 Å². The van der Waals surface area contributed by atoms with Crippen LogP contribution in [-0.4, -0.2) is 31.5 Å². The molecule has 3 rings (SSSR count). The molecule has 0 atom stereocenters. The number of thioether (sulfide) groups is 1. The maximum absolute atomic E-state index is 12.2. The molecule has 8 heteroatoms. The van der Waals surface area contributed by atoms with E-state index in [1.165, 1.54) is 16.4 Å². The number of nitrogens with two attached hydrogens (primary N) is 1. The summed E-state index contributed by atoms with van der Waals surface area (Å²) in [5.74, 6) is 6.60. The van der Waals surface area contributed by atoms with Crippen LogP contribution in [0.2, 0.25) is 0 Å². The molecule has 0 saturated heterocycles. The quantitative estimate of drug-likeness (QED) is 0.539. The van der Waals surface area contributed by atoms with Crippen LogP contribution in [0, 0.1) is 13.8 Å². The zero-order valence-electron chi connectivity index (χ0n) is 13.9. The molecule has 25 heavy (non-hydrogen) atoms. The molecule has 3 N–H and O–H groups in total. The molecule has 0 unspecified atom stereocenters. The van der Waals surface area contributed by atoms with Crippen molar-refractivity contribution in [2.24, 2.45) is 0 Å². The van der Waals surface area contributed by atoms with Gasteiger partial charge in [-0.15, -0.1) is 10.2 Å². The zero-order valence-corrected chi connectivity index (χ0v) is 14.7. The highest BCUT2D eigenvalue weighted by molar-refractivity contribution is 7.99. The maximum Gasteiger partial charge on any atom is 0.234 e. The van der Waals surface area contributed by atoms with E-state index in [2.05, 4.69) is 20.5 Å². The van der Waals surface area contributed by atoms with Gasteiger partial charge in [0, 0.05) is 23.6 Å². The van der Waals surface area contributed by atoms with Gasteiger partial charge in [-0.1, -0.05) is 23.9 Å². The van der Waals surface area contributed by atoms with Crippen molar-refractivity contribution in [1.29, 1.82) is 0 Å². The second kappa shape index (κ2) is 7.35. The molecule has 0 aliphatic carbocycles. The first-order valence-corrected chi connectivity index (χ1v) is 8.64. The van der Waals surface area contributed by atoms with E-state index in [-0.39, 0.29) is 11.7 Å². The van der Waals surface area contributed by atoms with Gasteiger partial charge in [-0.25, -0.2) is 4.68 Å². The SMILES string of the molecule is Cc1cccc(NC(=O)CSc2nnc(-c3cccnc3)n2N)c1C. The van der Waals surface area contributed by atoms with Gasteiger partial charge >= 0.3 is 0 Å². The number of nitrogens with one attached hydrogen (secondary N) is 1. The van der Waals surface area contributed by atoms with Crippen LogP contribution in [-0.2, 0) is 4.79 Å². The van der Waals surface area contributed by atoms with Crippen LogP contribution in [0.5, 0.6) is 0 Å². The van der Waals surface area contributed by atoms with Crippen LogP contribution in [0.1, 0.15) is 11.1 Å². The highest BCUT2D eigenvalue weighted by atomic mass is 32.2. The van der Waals surface area contributed by atoms with E-state index in [0.717, 1.165) is 22.4 Å². The Morgan fingerprint density at radius 1 is 1.24 bits per heavy atom. The van der Waals surface area contributed by atoms with Crippen LogP contribution in [0.15, 0.2) is 47.9 Å².